The van der Waals surface area contributed by atoms with Crippen LogP contribution in [0.5, 0.6) is 0 Å². The minimum atomic E-state index is -4.39. The summed E-state index contributed by atoms with van der Waals surface area (Å²) in [7, 11) is -1.42. The quantitative estimate of drug-likeness (QED) is 0.898. The van der Waals surface area contributed by atoms with E-state index in [-0.39, 0.29) is 6.61 Å². The van der Waals surface area contributed by atoms with Crippen molar-refractivity contribution in [2.75, 3.05) is 6.61 Å². The Balaban J connectivity index is 2.89. The van der Waals surface area contributed by atoms with Gasteiger partial charge >= 0.3 is 6.18 Å². The molecule has 0 aliphatic heterocycles. The molecule has 0 amide bonds. The largest absolute Gasteiger partial charge is 0.416 e. The standard InChI is InChI=1S/C13H18F3NO2S/c1-12(2,3)20(19)17-11(8-18)9-4-6-10(7-5-9)13(14,15)16/h4-7,11,17-18H,8H2,1-3H3/t11-,20+/m0/s1. The van der Waals surface area contributed by atoms with Gasteiger partial charge in [0.1, 0.15) is 0 Å². The number of hydrogen-bond donors (Lipinski definition) is 2. The first kappa shape index (κ1) is 17.1. The summed E-state index contributed by atoms with van der Waals surface area (Å²) in [5.41, 5.74) is -0.298. The molecule has 1 rings (SSSR count). The zero-order valence-electron chi connectivity index (χ0n) is 11.5. The van der Waals surface area contributed by atoms with Gasteiger partial charge in [-0.15, -0.1) is 0 Å². The van der Waals surface area contributed by atoms with E-state index >= 15 is 0 Å². The summed E-state index contributed by atoms with van der Waals surface area (Å²) in [5.74, 6) is 0. The Morgan fingerprint density at radius 3 is 2.05 bits per heavy atom. The van der Waals surface area contributed by atoms with E-state index in [4.69, 9.17) is 0 Å². The summed E-state index contributed by atoms with van der Waals surface area (Å²) in [4.78, 5) is 0. The number of alkyl halides is 3. The Bertz CT molecular complexity index is 466. The average Bonchev–Trinajstić information content (AvgIpc) is 2.33. The third-order valence-electron chi connectivity index (χ3n) is 2.63. The van der Waals surface area contributed by atoms with Crippen LogP contribution in [-0.2, 0) is 17.2 Å². The summed E-state index contributed by atoms with van der Waals surface area (Å²) >= 11 is 0. The molecule has 0 fully saturated rings. The van der Waals surface area contributed by atoms with Gasteiger partial charge in [0.05, 0.1) is 33.9 Å². The van der Waals surface area contributed by atoms with Crippen LogP contribution in [-0.4, -0.2) is 20.7 Å². The Morgan fingerprint density at radius 1 is 1.20 bits per heavy atom. The summed E-state index contributed by atoms with van der Waals surface area (Å²) in [6.45, 7) is 4.93. The van der Waals surface area contributed by atoms with Crippen LogP contribution in [0.25, 0.3) is 0 Å². The lowest BCUT2D eigenvalue weighted by molar-refractivity contribution is -0.137. The lowest BCUT2D eigenvalue weighted by Crippen LogP contribution is -2.37. The van der Waals surface area contributed by atoms with Gasteiger partial charge in [0.25, 0.3) is 0 Å². The number of aliphatic hydroxyl groups is 1. The zero-order chi connectivity index (χ0) is 15.6. The van der Waals surface area contributed by atoms with Crippen LogP contribution in [0.4, 0.5) is 13.2 Å². The summed E-state index contributed by atoms with van der Waals surface area (Å²) in [5, 5.41) is 9.30. The molecule has 0 aliphatic carbocycles. The smallest absolute Gasteiger partial charge is 0.394 e. The highest BCUT2D eigenvalue weighted by atomic mass is 32.2. The molecule has 2 N–H and O–H groups in total. The SMILES string of the molecule is CC(C)(C)[S@@](=O)N[C@@H](CO)c1ccc(C(F)(F)F)cc1. The highest BCUT2D eigenvalue weighted by Gasteiger charge is 2.30. The molecule has 3 nitrogen and oxygen atoms in total. The van der Waals surface area contributed by atoms with Crippen LogP contribution in [0.1, 0.15) is 37.9 Å². The Kier molecular flexibility index (Phi) is 5.34. The van der Waals surface area contributed by atoms with E-state index in [1.54, 1.807) is 20.8 Å². The van der Waals surface area contributed by atoms with Gasteiger partial charge in [-0.2, -0.15) is 13.2 Å². The molecule has 0 aromatic heterocycles. The van der Waals surface area contributed by atoms with Crippen molar-refractivity contribution in [2.45, 2.75) is 37.7 Å². The molecule has 114 valence electrons. The number of hydrogen-bond acceptors (Lipinski definition) is 2. The van der Waals surface area contributed by atoms with Gasteiger partial charge in [0.15, 0.2) is 0 Å². The number of nitrogens with one attached hydrogen (secondary N) is 1. The molecule has 0 unspecified atom stereocenters. The van der Waals surface area contributed by atoms with Crippen molar-refractivity contribution in [3.05, 3.63) is 35.4 Å². The molecule has 0 saturated heterocycles. The van der Waals surface area contributed by atoms with Gasteiger partial charge in [-0.1, -0.05) is 12.1 Å². The lowest BCUT2D eigenvalue weighted by Gasteiger charge is -2.23. The van der Waals surface area contributed by atoms with E-state index < -0.39 is 33.5 Å². The molecule has 20 heavy (non-hydrogen) atoms. The molecule has 7 heteroatoms. The number of halogens is 3. The molecule has 0 saturated carbocycles. The third-order valence-corrected chi connectivity index (χ3v) is 4.24. The van der Waals surface area contributed by atoms with Gasteiger partial charge < -0.3 is 5.11 Å². The third kappa shape index (κ3) is 4.57. The molecular formula is C13H18F3NO2S. The number of aliphatic hydroxyl groups excluding tert-OH is 1. The molecule has 1 aromatic carbocycles. The van der Waals surface area contributed by atoms with Crippen molar-refractivity contribution in [1.29, 1.82) is 0 Å². The lowest BCUT2D eigenvalue weighted by atomic mass is 10.1. The maximum atomic E-state index is 12.5. The molecule has 2 atom stereocenters. The van der Waals surface area contributed by atoms with Crippen molar-refractivity contribution in [1.82, 2.24) is 4.72 Å². The van der Waals surface area contributed by atoms with Gasteiger partial charge in [0.2, 0.25) is 0 Å². The Morgan fingerprint density at radius 2 is 1.70 bits per heavy atom. The fourth-order valence-corrected chi connectivity index (χ4v) is 2.24. The van der Waals surface area contributed by atoms with E-state index in [9.17, 15) is 22.5 Å². The second-order valence-electron chi connectivity index (χ2n) is 5.35. The van der Waals surface area contributed by atoms with Crippen LogP contribution in [0.3, 0.4) is 0 Å². The van der Waals surface area contributed by atoms with Crippen molar-refractivity contribution in [3.63, 3.8) is 0 Å². The average molecular weight is 309 g/mol. The van der Waals surface area contributed by atoms with Crippen molar-refractivity contribution < 1.29 is 22.5 Å². The van der Waals surface area contributed by atoms with Crippen LogP contribution >= 0.6 is 0 Å². The van der Waals surface area contributed by atoms with Crippen molar-refractivity contribution >= 4 is 11.0 Å². The molecule has 1 aromatic rings. The van der Waals surface area contributed by atoms with Gasteiger partial charge in [-0.3, -0.25) is 0 Å². The van der Waals surface area contributed by atoms with E-state index in [2.05, 4.69) is 4.72 Å². The van der Waals surface area contributed by atoms with Crippen LogP contribution in [0.15, 0.2) is 24.3 Å². The molecule has 0 aliphatic rings. The molecular weight excluding hydrogens is 291 g/mol. The minimum Gasteiger partial charge on any atom is -0.394 e. The number of rotatable bonds is 4. The van der Waals surface area contributed by atoms with Gasteiger partial charge in [-0.25, -0.2) is 8.93 Å². The first-order valence-electron chi connectivity index (χ1n) is 6.02. The Hall–Kier alpha value is -0.920. The van der Waals surface area contributed by atoms with Crippen LogP contribution in [0.2, 0.25) is 0 Å². The van der Waals surface area contributed by atoms with Crippen LogP contribution < -0.4 is 4.72 Å². The highest BCUT2D eigenvalue weighted by Crippen LogP contribution is 2.30. The zero-order valence-corrected chi connectivity index (χ0v) is 12.3. The maximum absolute atomic E-state index is 12.5. The Labute approximate surface area is 118 Å². The van der Waals surface area contributed by atoms with Crippen molar-refractivity contribution in [2.24, 2.45) is 0 Å². The molecule has 0 heterocycles. The second-order valence-corrected chi connectivity index (χ2v) is 7.35. The van der Waals surface area contributed by atoms with Gasteiger partial charge in [0, 0.05) is 0 Å². The summed E-state index contributed by atoms with van der Waals surface area (Å²) in [6, 6.07) is 3.77. The van der Waals surface area contributed by atoms with Crippen LogP contribution in [0, 0.1) is 0 Å². The maximum Gasteiger partial charge on any atom is 0.416 e. The first-order valence-corrected chi connectivity index (χ1v) is 7.16. The van der Waals surface area contributed by atoms with Gasteiger partial charge in [-0.05, 0) is 38.5 Å². The fraction of sp³-hybridized carbons (Fsp3) is 0.538. The first-order chi connectivity index (χ1) is 9.05. The predicted molar refractivity (Wildman–Crippen MR) is 72.3 cm³/mol. The van der Waals surface area contributed by atoms with E-state index in [1.165, 1.54) is 12.1 Å². The highest BCUT2D eigenvalue weighted by molar-refractivity contribution is 7.84. The van der Waals surface area contributed by atoms with E-state index in [1.807, 2.05) is 0 Å². The van der Waals surface area contributed by atoms with E-state index in [0.717, 1.165) is 12.1 Å². The predicted octanol–water partition coefficient (Wildman–Crippen LogP) is 2.79. The van der Waals surface area contributed by atoms with Crippen molar-refractivity contribution in [3.8, 4) is 0 Å². The summed E-state index contributed by atoms with van der Waals surface area (Å²) < 4.78 is 51.5. The second kappa shape index (κ2) is 6.24. The normalized spacial score (nSPS) is 15.9. The summed E-state index contributed by atoms with van der Waals surface area (Å²) in [6.07, 6.45) is -4.39. The topological polar surface area (TPSA) is 49.3 Å². The fourth-order valence-electron chi connectivity index (χ4n) is 1.42. The number of benzene rings is 1. The van der Waals surface area contributed by atoms with E-state index in [0.29, 0.717) is 5.56 Å². The molecule has 0 bridgehead atoms. The minimum absolute atomic E-state index is 0.354. The monoisotopic (exact) mass is 309 g/mol. The molecule has 0 radical (unpaired) electrons. The molecule has 0 spiro atoms.